The van der Waals surface area contributed by atoms with Gasteiger partial charge in [0.1, 0.15) is 6.04 Å². The molecule has 21 heavy (non-hydrogen) atoms. The standard InChI is InChI=1S/C13H16BrNO4S2/c1-2-19-13(16)12-9-20-7-6-15(12)21(17,18)11-5-3-4-10(14)8-11/h3-5,8,12H,2,6-7,9H2,1H3. The van der Waals surface area contributed by atoms with E-state index in [1.54, 1.807) is 36.9 Å². The lowest BCUT2D eigenvalue weighted by Crippen LogP contribution is -2.50. The summed E-state index contributed by atoms with van der Waals surface area (Å²) >= 11 is 4.83. The van der Waals surface area contributed by atoms with E-state index < -0.39 is 22.0 Å². The number of thioether (sulfide) groups is 1. The molecule has 0 aromatic heterocycles. The fourth-order valence-corrected chi connectivity index (χ4v) is 5.48. The third kappa shape index (κ3) is 3.80. The van der Waals surface area contributed by atoms with Crippen molar-refractivity contribution < 1.29 is 17.9 Å². The summed E-state index contributed by atoms with van der Waals surface area (Å²) in [4.78, 5) is 12.2. The van der Waals surface area contributed by atoms with Crippen molar-refractivity contribution in [2.24, 2.45) is 0 Å². The maximum absolute atomic E-state index is 12.7. The minimum absolute atomic E-state index is 0.179. The van der Waals surface area contributed by atoms with Crippen molar-refractivity contribution in [2.45, 2.75) is 17.9 Å². The van der Waals surface area contributed by atoms with Gasteiger partial charge in [-0.05, 0) is 25.1 Å². The van der Waals surface area contributed by atoms with Gasteiger partial charge in [-0.3, -0.25) is 4.79 Å². The van der Waals surface area contributed by atoms with Crippen LogP contribution >= 0.6 is 27.7 Å². The summed E-state index contributed by atoms with van der Waals surface area (Å²) in [5, 5.41) is 0. The molecule has 1 heterocycles. The summed E-state index contributed by atoms with van der Waals surface area (Å²) in [6, 6.07) is 5.74. The van der Waals surface area contributed by atoms with Crippen molar-refractivity contribution in [1.82, 2.24) is 4.31 Å². The molecule has 0 amide bonds. The molecule has 1 saturated heterocycles. The largest absolute Gasteiger partial charge is 0.465 e. The highest BCUT2D eigenvalue weighted by Gasteiger charge is 2.38. The summed E-state index contributed by atoms with van der Waals surface area (Å²) in [6.07, 6.45) is 0. The topological polar surface area (TPSA) is 63.7 Å². The zero-order chi connectivity index (χ0) is 15.5. The minimum atomic E-state index is -3.71. The third-order valence-electron chi connectivity index (χ3n) is 3.04. The number of carbonyl (C=O) groups excluding carboxylic acids is 1. The summed E-state index contributed by atoms with van der Waals surface area (Å²) in [5.41, 5.74) is 0. The van der Waals surface area contributed by atoms with E-state index >= 15 is 0 Å². The molecular formula is C13H16BrNO4S2. The first-order chi connectivity index (χ1) is 9.96. The van der Waals surface area contributed by atoms with Gasteiger partial charge < -0.3 is 4.74 Å². The number of ether oxygens (including phenoxy) is 1. The van der Waals surface area contributed by atoms with Crippen LogP contribution in [0.5, 0.6) is 0 Å². The number of benzene rings is 1. The Kier molecular flexibility index (Phi) is 5.70. The lowest BCUT2D eigenvalue weighted by molar-refractivity contribution is -0.146. The maximum atomic E-state index is 12.7. The SMILES string of the molecule is CCOC(=O)C1CSCCN1S(=O)(=O)c1cccc(Br)c1. The van der Waals surface area contributed by atoms with Gasteiger partial charge in [0.25, 0.3) is 0 Å². The van der Waals surface area contributed by atoms with Crippen LogP contribution in [-0.2, 0) is 19.6 Å². The van der Waals surface area contributed by atoms with Gasteiger partial charge in [-0.1, -0.05) is 22.0 Å². The Bertz CT molecular complexity index is 620. The predicted octanol–water partition coefficient (Wildman–Crippen LogP) is 2.12. The van der Waals surface area contributed by atoms with Crippen molar-refractivity contribution >= 4 is 43.7 Å². The molecule has 1 atom stereocenters. The molecular weight excluding hydrogens is 378 g/mol. The molecule has 0 radical (unpaired) electrons. The molecule has 116 valence electrons. The van der Waals surface area contributed by atoms with Crippen molar-refractivity contribution in [3.8, 4) is 0 Å². The molecule has 0 N–H and O–H groups in total. The van der Waals surface area contributed by atoms with Crippen LogP contribution in [0.3, 0.4) is 0 Å². The maximum Gasteiger partial charge on any atom is 0.325 e. The number of halogens is 1. The molecule has 0 spiro atoms. The first-order valence-electron chi connectivity index (χ1n) is 6.48. The second kappa shape index (κ2) is 7.13. The molecule has 1 aliphatic rings. The third-order valence-corrected chi connectivity index (χ3v) is 6.46. The van der Waals surface area contributed by atoms with Crippen molar-refractivity contribution in [3.63, 3.8) is 0 Å². The van der Waals surface area contributed by atoms with Gasteiger partial charge in [0.15, 0.2) is 0 Å². The van der Waals surface area contributed by atoms with Gasteiger partial charge in [0, 0.05) is 22.5 Å². The van der Waals surface area contributed by atoms with Crippen LogP contribution in [0.2, 0.25) is 0 Å². The number of hydrogen-bond acceptors (Lipinski definition) is 5. The van der Waals surface area contributed by atoms with Crippen molar-refractivity contribution in [1.29, 1.82) is 0 Å². The highest BCUT2D eigenvalue weighted by Crippen LogP contribution is 2.26. The average molecular weight is 394 g/mol. The lowest BCUT2D eigenvalue weighted by atomic mass is 10.3. The fourth-order valence-electron chi connectivity index (χ4n) is 2.06. The molecule has 1 aromatic rings. The molecule has 1 unspecified atom stereocenters. The van der Waals surface area contributed by atoms with Gasteiger partial charge in [-0.2, -0.15) is 16.1 Å². The molecule has 8 heteroatoms. The molecule has 0 saturated carbocycles. The quantitative estimate of drug-likeness (QED) is 0.733. The summed E-state index contributed by atoms with van der Waals surface area (Å²) in [5.74, 6) is 0.609. The van der Waals surface area contributed by atoms with Gasteiger partial charge >= 0.3 is 5.97 Å². The Morgan fingerprint density at radius 2 is 2.29 bits per heavy atom. The lowest BCUT2D eigenvalue weighted by Gasteiger charge is -2.32. The van der Waals surface area contributed by atoms with Crippen LogP contribution in [0.25, 0.3) is 0 Å². The molecule has 2 rings (SSSR count). The fraction of sp³-hybridized carbons (Fsp3) is 0.462. The normalized spacial score (nSPS) is 20.2. The summed E-state index contributed by atoms with van der Waals surface area (Å²) in [6.45, 7) is 2.26. The van der Waals surface area contributed by atoms with E-state index in [0.29, 0.717) is 22.5 Å². The van der Waals surface area contributed by atoms with Gasteiger partial charge in [-0.25, -0.2) is 8.42 Å². The van der Waals surface area contributed by atoms with Crippen molar-refractivity contribution in [3.05, 3.63) is 28.7 Å². The zero-order valence-electron chi connectivity index (χ0n) is 11.5. The van der Waals surface area contributed by atoms with E-state index in [0.717, 1.165) is 0 Å². The molecule has 0 aliphatic carbocycles. The number of carbonyl (C=O) groups is 1. The number of hydrogen-bond donors (Lipinski definition) is 0. The number of sulfonamides is 1. The van der Waals surface area contributed by atoms with Crippen molar-refractivity contribution in [2.75, 3.05) is 24.7 Å². The molecule has 5 nitrogen and oxygen atoms in total. The Labute approximate surface area is 137 Å². The molecule has 1 aromatic carbocycles. The van der Waals surface area contributed by atoms with Gasteiger partial charge in [0.05, 0.1) is 11.5 Å². The van der Waals surface area contributed by atoms with E-state index in [4.69, 9.17) is 4.74 Å². The molecule has 1 fully saturated rings. The summed E-state index contributed by atoms with van der Waals surface area (Å²) in [7, 11) is -3.71. The average Bonchev–Trinajstić information content (AvgIpc) is 2.47. The van der Waals surface area contributed by atoms with Crippen LogP contribution in [0.1, 0.15) is 6.92 Å². The second-order valence-electron chi connectivity index (χ2n) is 4.42. The second-order valence-corrected chi connectivity index (χ2v) is 8.37. The first-order valence-corrected chi connectivity index (χ1v) is 9.87. The first kappa shape index (κ1) is 16.8. The van der Waals surface area contributed by atoms with E-state index in [9.17, 15) is 13.2 Å². The Balaban J connectivity index is 2.34. The predicted molar refractivity (Wildman–Crippen MR) is 85.8 cm³/mol. The van der Waals surface area contributed by atoms with Crippen LogP contribution in [0, 0.1) is 0 Å². The summed E-state index contributed by atoms with van der Waals surface area (Å²) < 4.78 is 32.4. The Morgan fingerprint density at radius 3 is 2.95 bits per heavy atom. The van der Waals surface area contributed by atoms with Crippen LogP contribution < -0.4 is 0 Å². The van der Waals surface area contributed by atoms with Crippen LogP contribution in [0.15, 0.2) is 33.6 Å². The highest BCUT2D eigenvalue weighted by molar-refractivity contribution is 9.10. The van der Waals surface area contributed by atoms with E-state index in [1.165, 1.54) is 10.4 Å². The molecule has 1 aliphatic heterocycles. The van der Waals surface area contributed by atoms with E-state index in [1.807, 2.05) is 0 Å². The monoisotopic (exact) mass is 393 g/mol. The highest BCUT2D eigenvalue weighted by atomic mass is 79.9. The smallest absolute Gasteiger partial charge is 0.325 e. The van der Waals surface area contributed by atoms with Gasteiger partial charge in [-0.15, -0.1) is 0 Å². The number of rotatable bonds is 4. The number of esters is 1. The number of nitrogens with zero attached hydrogens (tertiary/aromatic N) is 1. The van der Waals surface area contributed by atoms with E-state index in [2.05, 4.69) is 15.9 Å². The molecule has 0 bridgehead atoms. The van der Waals surface area contributed by atoms with Crippen LogP contribution in [-0.4, -0.2) is 49.4 Å². The van der Waals surface area contributed by atoms with Crippen LogP contribution in [0.4, 0.5) is 0 Å². The van der Waals surface area contributed by atoms with Gasteiger partial charge in [0.2, 0.25) is 10.0 Å². The van der Waals surface area contributed by atoms with E-state index in [-0.39, 0.29) is 11.5 Å². The minimum Gasteiger partial charge on any atom is -0.465 e. The Hall–Kier alpha value is -0.570. The Morgan fingerprint density at radius 1 is 1.52 bits per heavy atom. The zero-order valence-corrected chi connectivity index (χ0v) is 14.7.